The first-order chi connectivity index (χ1) is 9.08. The highest BCUT2D eigenvalue weighted by atomic mass is 79.9. The maximum atomic E-state index is 5.83. The minimum Gasteiger partial charge on any atom is -0.490 e. The number of nitrogens with two attached hydrogens (primary N) is 1. The smallest absolute Gasteiger partial charge is 0.175 e. The molecule has 4 nitrogen and oxygen atoms in total. The quantitative estimate of drug-likeness (QED) is 0.744. The number of methoxy groups -OCH3 is 1. The number of benzene rings is 1. The molecule has 1 rings (SSSR count). The molecule has 0 heterocycles. The largest absolute Gasteiger partial charge is 0.490 e. The van der Waals surface area contributed by atoms with E-state index in [1.54, 1.807) is 7.11 Å². The van der Waals surface area contributed by atoms with Gasteiger partial charge in [-0.25, -0.2) is 0 Å². The Morgan fingerprint density at radius 3 is 2.58 bits per heavy atom. The summed E-state index contributed by atoms with van der Waals surface area (Å²) in [6.07, 6.45) is 0.803. The molecule has 0 radical (unpaired) electrons. The molecule has 0 fully saturated rings. The molecule has 0 aliphatic carbocycles. The van der Waals surface area contributed by atoms with Crippen LogP contribution in [0, 0.1) is 0 Å². The fourth-order valence-electron chi connectivity index (χ4n) is 1.74. The Balaban J connectivity index is 2.93. The van der Waals surface area contributed by atoms with Crippen molar-refractivity contribution in [1.82, 2.24) is 0 Å². The molecule has 0 aromatic heterocycles. The SMILES string of the molecule is CCOc1cc(CC(C)N)cc(Br)c1OCCOC. The van der Waals surface area contributed by atoms with Gasteiger partial charge in [-0.2, -0.15) is 0 Å². The third-order valence-electron chi connectivity index (χ3n) is 2.46. The van der Waals surface area contributed by atoms with Gasteiger partial charge in [0, 0.05) is 13.2 Å². The van der Waals surface area contributed by atoms with Crippen LogP contribution in [0.15, 0.2) is 16.6 Å². The maximum Gasteiger partial charge on any atom is 0.175 e. The zero-order valence-corrected chi connectivity index (χ0v) is 13.3. The summed E-state index contributed by atoms with van der Waals surface area (Å²) in [6.45, 7) is 5.55. The van der Waals surface area contributed by atoms with Crippen molar-refractivity contribution in [2.75, 3.05) is 26.9 Å². The second-order valence-electron chi connectivity index (χ2n) is 4.36. The summed E-state index contributed by atoms with van der Waals surface area (Å²) in [5, 5.41) is 0. The zero-order valence-electron chi connectivity index (χ0n) is 11.7. The van der Waals surface area contributed by atoms with Crippen LogP contribution in [0.2, 0.25) is 0 Å². The van der Waals surface area contributed by atoms with E-state index in [1.807, 2.05) is 26.0 Å². The molecular weight excluding hydrogens is 310 g/mol. The van der Waals surface area contributed by atoms with E-state index < -0.39 is 0 Å². The first kappa shape index (κ1) is 16.3. The van der Waals surface area contributed by atoms with E-state index >= 15 is 0 Å². The van der Waals surface area contributed by atoms with Gasteiger partial charge in [0.15, 0.2) is 11.5 Å². The lowest BCUT2D eigenvalue weighted by molar-refractivity contribution is 0.143. The van der Waals surface area contributed by atoms with Crippen molar-refractivity contribution in [1.29, 1.82) is 0 Å². The molecule has 108 valence electrons. The van der Waals surface area contributed by atoms with Crippen molar-refractivity contribution >= 4 is 15.9 Å². The summed E-state index contributed by atoms with van der Waals surface area (Å²) in [4.78, 5) is 0. The summed E-state index contributed by atoms with van der Waals surface area (Å²) in [5.41, 5.74) is 6.96. The minimum atomic E-state index is 0.113. The highest BCUT2D eigenvalue weighted by Gasteiger charge is 2.13. The van der Waals surface area contributed by atoms with E-state index in [2.05, 4.69) is 15.9 Å². The Labute approximate surface area is 123 Å². The number of ether oxygens (including phenoxy) is 3. The van der Waals surface area contributed by atoms with Gasteiger partial charge in [-0.15, -0.1) is 0 Å². The lowest BCUT2D eigenvalue weighted by Gasteiger charge is -2.16. The summed E-state index contributed by atoms with van der Waals surface area (Å²) in [6, 6.07) is 4.12. The van der Waals surface area contributed by atoms with Crippen LogP contribution in [0.4, 0.5) is 0 Å². The van der Waals surface area contributed by atoms with Crippen LogP contribution < -0.4 is 15.2 Å². The molecule has 1 unspecified atom stereocenters. The highest BCUT2D eigenvalue weighted by molar-refractivity contribution is 9.10. The summed E-state index contributed by atoms with van der Waals surface area (Å²) >= 11 is 3.52. The lowest BCUT2D eigenvalue weighted by Crippen LogP contribution is -2.18. The van der Waals surface area contributed by atoms with Crippen LogP contribution in [-0.4, -0.2) is 33.0 Å². The molecule has 1 atom stereocenters. The van der Waals surface area contributed by atoms with Gasteiger partial charge < -0.3 is 19.9 Å². The van der Waals surface area contributed by atoms with E-state index in [4.69, 9.17) is 19.9 Å². The molecule has 2 N–H and O–H groups in total. The van der Waals surface area contributed by atoms with Crippen molar-refractivity contribution in [3.8, 4) is 11.5 Å². The van der Waals surface area contributed by atoms with Crippen molar-refractivity contribution in [3.05, 3.63) is 22.2 Å². The third-order valence-corrected chi connectivity index (χ3v) is 3.05. The van der Waals surface area contributed by atoms with Gasteiger partial charge in [0.2, 0.25) is 0 Å². The monoisotopic (exact) mass is 331 g/mol. The Morgan fingerprint density at radius 2 is 2.00 bits per heavy atom. The van der Waals surface area contributed by atoms with Crippen LogP contribution in [0.5, 0.6) is 11.5 Å². The maximum absolute atomic E-state index is 5.83. The molecule has 0 aliphatic rings. The standard InChI is InChI=1S/C14H22BrNO3/c1-4-18-13-9-11(7-10(2)16)8-12(15)14(13)19-6-5-17-3/h8-10H,4-7,16H2,1-3H3. The number of hydrogen-bond acceptors (Lipinski definition) is 4. The van der Waals surface area contributed by atoms with E-state index in [0.717, 1.165) is 22.2 Å². The molecule has 0 aliphatic heterocycles. The summed E-state index contributed by atoms with van der Waals surface area (Å²) in [5.74, 6) is 1.45. The fourth-order valence-corrected chi connectivity index (χ4v) is 2.34. The predicted octanol–water partition coefficient (Wildman–Crippen LogP) is 2.76. The van der Waals surface area contributed by atoms with Crippen LogP contribution >= 0.6 is 15.9 Å². The van der Waals surface area contributed by atoms with Crippen molar-refractivity contribution in [2.45, 2.75) is 26.3 Å². The van der Waals surface area contributed by atoms with Gasteiger partial charge in [0.25, 0.3) is 0 Å². The van der Waals surface area contributed by atoms with Crippen molar-refractivity contribution < 1.29 is 14.2 Å². The van der Waals surface area contributed by atoms with E-state index in [-0.39, 0.29) is 6.04 Å². The van der Waals surface area contributed by atoms with Crippen molar-refractivity contribution in [2.24, 2.45) is 5.73 Å². The molecule has 19 heavy (non-hydrogen) atoms. The second-order valence-corrected chi connectivity index (χ2v) is 5.21. The first-order valence-electron chi connectivity index (χ1n) is 6.41. The lowest BCUT2D eigenvalue weighted by atomic mass is 10.1. The fraction of sp³-hybridized carbons (Fsp3) is 0.571. The van der Waals surface area contributed by atoms with Crippen LogP contribution in [0.25, 0.3) is 0 Å². The average molecular weight is 332 g/mol. The molecule has 0 saturated heterocycles. The van der Waals surface area contributed by atoms with Gasteiger partial charge >= 0.3 is 0 Å². The molecule has 0 spiro atoms. The van der Waals surface area contributed by atoms with E-state index in [9.17, 15) is 0 Å². The van der Waals surface area contributed by atoms with Crippen molar-refractivity contribution in [3.63, 3.8) is 0 Å². The molecular formula is C14H22BrNO3. The van der Waals surface area contributed by atoms with Crippen LogP contribution in [0.3, 0.4) is 0 Å². The Morgan fingerprint density at radius 1 is 1.26 bits per heavy atom. The van der Waals surface area contributed by atoms with Gasteiger partial charge in [-0.1, -0.05) is 0 Å². The number of hydrogen-bond donors (Lipinski definition) is 1. The minimum absolute atomic E-state index is 0.113. The molecule has 0 saturated carbocycles. The third kappa shape index (κ3) is 5.38. The zero-order chi connectivity index (χ0) is 14.3. The molecule has 0 bridgehead atoms. The Hall–Kier alpha value is -0.780. The summed E-state index contributed by atoms with van der Waals surface area (Å²) in [7, 11) is 1.65. The van der Waals surface area contributed by atoms with Gasteiger partial charge in [-0.3, -0.25) is 0 Å². The van der Waals surface area contributed by atoms with E-state index in [1.165, 1.54) is 0 Å². The predicted molar refractivity (Wildman–Crippen MR) is 80.0 cm³/mol. The topological polar surface area (TPSA) is 53.7 Å². The highest BCUT2D eigenvalue weighted by Crippen LogP contribution is 2.37. The van der Waals surface area contributed by atoms with Gasteiger partial charge in [0.1, 0.15) is 6.61 Å². The van der Waals surface area contributed by atoms with E-state index in [0.29, 0.717) is 25.6 Å². The summed E-state index contributed by atoms with van der Waals surface area (Å²) < 4.78 is 17.2. The number of halogens is 1. The van der Waals surface area contributed by atoms with Gasteiger partial charge in [0.05, 0.1) is 17.7 Å². The molecule has 1 aromatic rings. The first-order valence-corrected chi connectivity index (χ1v) is 7.20. The molecule has 0 amide bonds. The molecule has 5 heteroatoms. The second kappa shape index (κ2) is 8.40. The number of rotatable bonds is 8. The van der Waals surface area contributed by atoms with Gasteiger partial charge in [-0.05, 0) is 53.9 Å². The average Bonchev–Trinajstić information content (AvgIpc) is 2.32. The van der Waals surface area contributed by atoms with Crippen LogP contribution in [-0.2, 0) is 11.2 Å². The molecule has 1 aromatic carbocycles. The van der Waals surface area contributed by atoms with Crippen LogP contribution in [0.1, 0.15) is 19.4 Å². The Bertz CT molecular complexity index is 397. The normalized spacial score (nSPS) is 12.3. The Kier molecular flexibility index (Phi) is 7.20.